The van der Waals surface area contributed by atoms with Crippen LogP contribution in [-0.2, 0) is 20.8 Å². The smallest absolute Gasteiger partial charge is 0.242 e. The zero-order valence-corrected chi connectivity index (χ0v) is 18.2. The number of halogens is 1. The van der Waals surface area contributed by atoms with Crippen LogP contribution in [0.25, 0.3) is 0 Å². The van der Waals surface area contributed by atoms with Crippen LogP contribution in [0.1, 0.15) is 31.9 Å². The number of aliphatic imine (C=N–C) groups is 1. The summed E-state index contributed by atoms with van der Waals surface area (Å²) in [6, 6.07) is 3.60. The van der Waals surface area contributed by atoms with Gasteiger partial charge in [0.05, 0.1) is 25.5 Å². The van der Waals surface area contributed by atoms with Crippen LogP contribution in [0.15, 0.2) is 27.8 Å². The molecule has 1 aliphatic rings. The van der Waals surface area contributed by atoms with E-state index in [-0.39, 0.29) is 42.5 Å². The van der Waals surface area contributed by atoms with Crippen LogP contribution in [-0.4, -0.2) is 57.4 Å². The van der Waals surface area contributed by atoms with Crippen molar-refractivity contribution >= 4 is 35.8 Å². The first-order valence-corrected chi connectivity index (χ1v) is 9.28. The summed E-state index contributed by atoms with van der Waals surface area (Å²) in [5.41, 5.74) is 0. The standard InChI is InChI=1S/C18H30N4O4.HI/c1-2-19-18(20-8-5-9-24-14-16-7-4-11-26-16)22-13-17(23)21-12-15-6-3-10-25-15;/h3,6,10,16H,2,4-5,7-9,11-14H2,1H3,(H,21,23)(H2,19,20,22);1H. The molecule has 27 heavy (non-hydrogen) atoms. The number of carbonyl (C=O) groups is 1. The van der Waals surface area contributed by atoms with Crippen molar-refractivity contribution in [3.63, 3.8) is 0 Å². The summed E-state index contributed by atoms with van der Waals surface area (Å²) in [6.45, 7) is 6.08. The molecular formula is C18H31IN4O4. The molecule has 0 bridgehead atoms. The molecule has 3 N–H and O–H groups in total. The number of amides is 1. The summed E-state index contributed by atoms with van der Waals surface area (Å²) in [5.74, 6) is 1.19. The topological polar surface area (TPSA) is 97.1 Å². The summed E-state index contributed by atoms with van der Waals surface area (Å²) in [5, 5.41) is 9.09. The van der Waals surface area contributed by atoms with Crippen molar-refractivity contribution in [1.82, 2.24) is 16.0 Å². The molecule has 8 nitrogen and oxygen atoms in total. The average molecular weight is 494 g/mol. The summed E-state index contributed by atoms with van der Waals surface area (Å²) >= 11 is 0. The Labute approximate surface area is 177 Å². The van der Waals surface area contributed by atoms with Gasteiger partial charge < -0.3 is 29.8 Å². The first kappa shape index (κ1) is 23.7. The van der Waals surface area contributed by atoms with Crippen LogP contribution >= 0.6 is 24.0 Å². The van der Waals surface area contributed by atoms with Crippen LogP contribution in [0.3, 0.4) is 0 Å². The molecule has 1 unspecified atom stereocenters. The fourth-order valence-electron chi connectivity index (χ4n) is 2.52. The van der Waals surface area contributed by atoms with Crippen molar-refractivity contribution < 1.29 is 18.7 Å². The molecule has 1 aromatic heterocycles. The van der Waals surface area contributed by atoms with Crippen molar-refractivity contribution in [1.29, 1.82) is 0 Å². The number of furan rings is 1. The Hall–Kier alpha value is -1.33. The molecule has 154 valence electrons. The van der Waals surface area contributed by atoms with E-state index in [1.165, 1.54) is 0 Å². The molecule has 0 radical (unpaired) electrons. The number of carbonyl (C=O) groups excluding carboxylic acids is 1. The molecule has 2 heterocycles. The Bertz CT molecular complexity index is 533. The van der Waals surface area contributed by atoms with Gasteiger partial charge in [-0.2, -0.15) is 0 Å². The lowest BCUT2D eigenvalue weighted by atomic mass is 10.2. The molecule has 1 saturated heterocycles. The van der Waals surface area contributed by atoms with Gasteiger partial charge in [-0.05, 0) is 38.3 Å². The first-order chi connectivity index (χ1) is 12.8. The van der Waals surface area contributed by atoms with E-state index < -0.39 is 0 Å². The Morgan fingerprint density at radius 2 is 2.26 bits per heavy atom. The van der Waals surface area contributed by atoms with Gasteiger partial charge in [0.1, 0.15) is 12.3 Å². The van der Waals surface area contributed by atoms with Crippen LogP contribution < -0.4 is 16.0 Å². The van der Waals surface area contributed by atoms with Gasteiger partial charge in [-0.15, -0.1) is 24.0 Å². The molecule has 2 rings (SSSR count). The van der Waals surface area contributed by atoms with Crippen LogP contribution in [0, 0.1) is 0 Å². The molecule has 0 saturated carbocycles. The maximum Gasteiger partial charge on any atom is 0.242 e. The Morgan fingerprint density at radius 3 is 2.96 bits per heavy atom. The van der Waals surface area contributed by atoms with Crippen LogP contribution in [0.5, 0.6) is 0 Å². The Kier molecular flexibility index (Phi) is 12.9. The lowest BCUT2D eigenvalue weighted by molar-refractivity contribution is -0.119. The lowest BCUT2D eigenvalue weighted by Crippen LogP contribution is -2.39. The van der Waals surface area contributed by atoms with Gasteiger partial charge in [-0.25, -0.2) is 4.99 Å². The van der Waals surface area contributed by atoms with Gasteiger partial charge in [0.15, 0.2) is 5.96 Å². The molecule has 1 fully saturated rings. The van der Waals surface area contributed by atoms with Crippen molar-refractivity contribution in [3.8, 4) is 0 Å². The van der Waals surface area contributed by atoms with E-state index >= 15 is 0 Å². The van der Waals surface area contributed by atoms with E-state index in [0.29, 0.717) is 25.7 Å². The minimum Gasteiger partial charge on any atom is -0.467 e. The van der Waals surface area contributed by atoms with Gasteiger partial charge in [-0.3, -0.25) is 4.79 Å². The highest BCUT2D eigenvalue weighted by atomic mass is 127. The number of guanidine groups is 1. The molecule has 1 atom stereocenters. The van der Waals surface area contributed by atoms with Gasteiger partial charge in [0.2, 0.25) is 5.91 Å². The molecule has 0 spiro atoms. The zero-order chi connectivity index (χ0) is 18.5. The van der Waals surface area contributed by atoms with E-state index in [9.17, 15) is 4.79 Å². The monoisotopic (exact) mass is 494 g/mol. The molecule has 0 aliphatic carbocycles. The van der Waals surface area contributed by atoms with E-state index in [0.717, 1.165) is 44.7 Å². The average Bonchev–Trinajstić information content (AvgIpc) is 3.34. The molecule has 1 aliphatic heterocycles. The third-order valence-corrected chi connectivity index (χ3v) is 3.85. The van der Waals surface area contributed by atoms with Crippen molar-refractivity contribution in [3.05, 3.63) is 24.2 Å². The SMILES string of the molecule is CCNC(=NCC(=O)NCc1ccco1)NCCCOCC1CCCO1.I. The fourth-order valence-corrected chi connectivity index (χ4v) is 2.52. The highest BCUT2D eigenvalue weighted by Gasteiger charge is 2.14. The minimum atomic E-state index is -0.154. The van der Waals surface area contributed by atoms with Crippen molar-refractivity contribution in [2.24, 2.45) is 4.99 Å². The van der Waals surface area contributed by atoms with E-state index in [4.69, 9.17) is 13.9 Å². The number of nitrogens with zero attached hydrogens (tertiary/aromatic N) is 1. The Balaban J connectivity index is 0.00000364. The van der Waals surface area contributed by atoms with Gasteiger partial charge in [0, 0.05) is 26.3 Å². The summed E-state index contributed by atoms with van der Waals surface area (Å²) in [6.07, 6.45) is 4.94. The quantitative estimate of drug-likeness (QED) is 0.188. The maximum atomic E-state index is 11.8. The fraction of sp³-hybridized carbons (Fsp3) is 0.667. The number of ether oxygens (including phenoxy) is 2. The summed E-state index contributed by atoms with van der Waals surface area (Å²) in [7, 11) is 0. The number of hydrogen-bond acceptors (Lipinski definition) is 5. The van der Waals surface area contributed by atoms with Gasteiger partial charge in [0.25, 0.3) is 0 Å². The van der Waals surface area contributed by atoms with Gasteiger partial charge in [-0.1, -0.05) is 0 Å². The normalized spacial score (nSPS) is 16.6. The molecule has 1 aromatic rings. The third-order valence-electron chi connectivity index (χ3n) is 3.85. The van der Waals surface area contributed by atoms with E-state index in [2.05, 4.69) is 20.9 Å². The van der Waals surface area contributed by atoms with E-state index in [1.54, 1.807) is 12.3 Å². The largest absolute Gasteiger partial charge is 0.467 e. The molecule has 9 heteroatoms. The minimum absolute atomic E-state index is 0. The molecular weight excluding hydrogens is 463 g/mol. The second kappa shape index (κ2) is 14.7. The Morgan fingerprint density at radius 1 is 1.37 bits per heavy atom. The number of rotatable bonds is 11. The molecule has 1 amide bonds. The van der Waals surface area contributed by atoms with Crippen LogP contribution in [0.2, 0.25) is 0 Å². The summed E-state index contributed by atoms with van der Waals surface area (Å²) < 4.78 is 16.3. The predicted octanol–water partition coefficient (Wildman–Crippen LogP) is 1.65. The predicted molar refractivity (Wildman–Crippen MR) is 114 cm³/mol. The zero-order valence-electron chi connectivity index (χ0n) is 15.9. The second-order valence-electron chi connectivity index (χ2n) is 6.04. The molecule has 0 aromatic carbocycles. The lowest BCUT2D eigenvalue weighted by Gasteiger charge is -2.12. The summed E-state index contributed by atoms with van der Waals surface area (Å²) in [4.78, 5) is 16.1. The highest BCUT2D eigenvalue weighted by molar-refractivity contribution is 14.0. The highest BCUT2D eigenvalue weighted by Crippen LogP contribution is 2.11. The number of nitrogens with one attached hydrogen (secondary N) is 3. The van der Waals surface area contributed by atoms with Crippen molar-refractivity contribution in [2.45, 2.75) is 38.8 Å². The van der Waals surface area contributed by atoms with Gasteiger partial charge >= 0.3 is 0 Å². The van der Waals surface area contributed by atoms with Crippen LogP contribution in [0.4, 0.5) is 0 Å². The van der Waals surface area contributed by atoms with Crippen molar-refractivity contribution in [2.75, 3.05) is 39.5 Å². The van der Waals surface area contributed by atoms with E-state index in [1.807, 2.05) is 13.0 Å². The maximum absolute atomic E-state index is 11.8. The third kappa shape index (κ3) is 10.5. The second-order valence-corrected chi connectivity index (χ2v) is 6.04. The first-order valence-electron chi connectivity index (χ1n) is 9.28. The number of hydrogen-bond donors (Lipinski definition) is 3.